The van der Waals surface area contributed by atoms with Gasteiger partial charge < -0.3 is 15.0 Å². The molecule has 0 aliphatic carbocycles. The van der Waals surface area contributed by atoms with Crippen LogP contribution in [-0.2, 0) is 0 Å². The summed E-state index contributed by atoms with van der Waals surface area (Å²) < 4.78 is 5.27. The molecule has 0 unspecified atom stereocenters. The molecule has 1 N–H and O–H groups in total. The third kappa shape index (κ3) is 4.54. The Labute approximate surface area is 178 Å². The molecule has 0 atom stereocenters. The zero-order valence-electron chi connectivity index (χ0n) is 15.2. The Morgan fingerprint density at radius 1 is 1.00 bits per heavy atom. The van der Waals surface area contributed by atoms with Crippen LogP contribution >= 0.6 is 34.8 Å². The summed E-state index contributed by atoms with van der Waals surface area (Å²) in [6.45, 7) is 0.993. The van der Waals surface area contributed by atoms with Crippen molar-refractivity contribution in [3.8, 4) is 5.75 Å². The maximum absolute atomic E-state index is 12.9. The first-order valence-corrected chi connectivity index (χ1v) is 9.91. The van der Waals surface area contributed by atoms with Gasteiger partial charge in [0, 0.05) is 29.7 Å². The van der Waals surface area contributed by atoms with Crippen LogP contribution in [0.5, 0.6) is 5.75 Å². The maximum Gasteiger partial charge on any atom is 0.259 e. The number of benzene rings is 2. The van der Waals surface area contributed by atoms with Crippen LogP contribution in [0.15, 0.2) is 36.4 Å². The number of carbonyl (C=O) groups excluding carboxylic acids is 2. The van der Waals surface area contributed by atoms with E-state index >= 15 is 0 Å². The van der Waals surface area contributed by atoms with Crippen LogP contribution in [-0.4, -0.2) is 43.0 Å². The van der Waals surface area contributed by atoms with Gasteiger partial charge in [-0.1, -0.05) is 34.8 Å². The lowest BCUT2D eigenvalue weighted by Crippen LogP contribution is -2.46. The quantitative estimate of drug-likeness (QED) is 0.749. The second-order valence-corrected chi connectivity index (χ2v) is 7.74. The van der Waals surface area contributed by atoms with E-state index in [-0.39, 0.29) is 29.2 Å². The summed E-state index contributed by atoms with van der Waals surface area (Å²) in [6, 6.07) is 9.90. The molecular formula is C20H19Cl3N2O3. The van der Waals surface area contributed by atoms with Crippen LogP contribution < -0.4 is 10.1 Å². The van der Waals surface area contributed by atoms with E-state index < -0.39 is 0 Å². The Kier molecular flexibility index (Phi) is 6.70. The van der Waals surface area contributed by atoms with Crippen molar-refractivity contribution in [3.05, 3.63) is 62.6 Å². The van der Waals surface area contributed by atoms with Crippen LogP contribution in [0.4, 0.5) is 0 Å². The van der Waals surface area contributed by atoms with Crippen molar-refractivity contribution in [3.63, 3.8) is 0 Å². The number of likely N-dealkylation sites (tertiary alicyclic amines) is 1. The molecule has 2 aromatic carbocycles. The number of methoxy groups -OCH3 is 1. The van der Waals surface area contributed by atoms with Crippen molar-refractivity contribution in [1.29, 1.82) is 0 Å². The molecule has 8 heteroatoms. The Morgan fingerprint density at radius 3 is 2.21 bits per heavy atom. The highest BCUT2D eigenvalue weighted by Crippen LogP contribution is 2.35. The minimum atomic E-state index is -0.230. The Hall–Kier alpha value is -1.95. The largest absolute Gasteiger partial charge is 0.494 e. The van der Waals surface area contributed by atoms with Crippen LogP contribution in [0.2, 0.25) is 15.1 Å². The molecule has 0 spiro atoms. The number of piperidine rings is 1. The number of ether oxygens (including phenoxy) is 1. The van der Waals surface area contributed by atoms with Gasteiger partial charge in [0.15, 0.2) is 5.75 Å². The van der Waals surface area contributed by atoms with E-state index in [0.717, 1.165) is 0 Å². The van der Waals surface area contributed by atoms with Gasteiger partial charge in [-0.15, -0.1) is 0 Å². The van der Waals surface area contributed by atoms with Crippen LogP contribution in [0, 0.1) is 0 Å². The summed E-state index contributed by atoms with van der Waals surface area (Å²) in [5.74, 6) is -0.106. The summed E-state index contributed by atoms with van der Waals surface area (Å²) in [7, 11) is 1.45. The molecule has 5 nitrogen and oxygen atoms in total. The van der Waals surface area contributed by atoms with Crippen molar-refractivity contribution in [1.82, 2.24) is 10.2 Å². The van der Waals surface area contributed by atoms with E-state index in [0.29, 0.717) is 46.6 Å². The number of carbonyl (C=O) groups is 2. The van der Waals surface area contributed by atoms with Gasteiger partial charge in [0.1, 0.15) is 5.56 Å². The molecule has 0 bridgehead atoms. The van der Waals surface area contributed by atoms with Gasteiger partial charge in [0.05, 0.1) is 17.2 Å². The topological polar surface area (TPSA) is 58.6 Å². The first-order valence-electron chi connectivity index (χ1n) is 8.78. The van der Waals surface area contributed by atoms with Gasteiger partial charge in [0.25, 0.3) is 11.8 Å². The predicted octanol–water partition coefficient (Wildman–Crippen LogP) is 4.69. The highest BCUT2D eigenvalue weighted by Gasteiger charge is 2.28. The van der Waals surface area contributed by atoms with Gasteiger partial charge in [0.2, 0.25) is 0 Å². The number of hydrogen-bond acceptors (Lipinski definition) is 3. The number of amides is 2. The molecule has 1 heterocycles. The summed E-state index contributed by atoms with van der Waals surface area (Å²) in [6.07, 6.45) is 1.29. The van der Waals surface area contributed by atoms with Gasteiger partial charge in [-0.25, -0.2) is 0 Å². The monoisotopic (exact) mass is 440 g/mol. The molecule has 3 rings (SSSR count). The van der Waals surface area contributed by atoms with Crippen LogP contribution in [0.25, 0.3) is 0 Å². The predicted molar refractivity (Wildman–Crippen MR) is 111 cm³/mol. The third-order valence-electron chi connectivity index (χ3n) is 4.70. The smallest absolute Gasteiger partial charge is 0.259 e. The molecule has 1 saturated heterocycles. The van der Waals surface area contributed by atoms with Crippen molar-refractivity contribution in [2.75, 3.05) is 20.2 Å². The zero-order valence-corrected chi connectivity index (χ0v) is 17.4. The number of nitrogens with one attached hydrogen (secondary N) is 1. The number of nitrogens with zero attached hydrogens (tertiary/aromatic N) is 1. The van der Waals surface area contributed by atoms with E-state index in [1.165, 1.54) is 7.11 Å². The highest BCUT2D eigenvalue weighted by molar-refractivity contribution is 6.37. The summed E-state index contributed by atoms with van der Waals surface area (Å²) in [5.41, 5.74) is 0.818. The number of rotatable bonds is 4. The molecule has 1 fully saturated rings. The first-order chi connectivity index (χ1) is 13.4. The molecule has 2 amide bonds. The average Bonchev–Trinajstić information content (AvgIpc) is 2.70. The third-order valence-corrected chi connectivity index (χ3v) is 5.57. The van der Waals surface area contributed by atoms with Crippen LogP contribution in [0.3, 0.4) is 0 Å². The first kappa shape index (κ1) is 20.8. The molecule has 0 saturated carbocycles. The molecule has 0 aromatic heterocycles. The number of halogens is 3. The Morgan fingerprint density at radius 2 is 1.61 bits per heavy atom. The lowest BCUT2D eigenvalue weighted by Gasteiger charge is -2.33. The minimum absolute atomic E-state index is 0.0102. The van der Waals surface area contributed by atoms with Crippen LogP contribution in [0.1, 0.15) is 33.6 Å². The highest BCUT2D eigenvalue weighted by atomic mass is 35.5. The molecule has 0 radical (unpaired) electrons. The molecular weight excluding hydrogens is 423 g/mol. The minimum Gasteiger partial charge on any atom is -0.494 e. The second kappa shape index (κ2) is 9.03. The lowest BCUT2D eigenvalue weighted by molar-refractivity contribution is 0.0695. The SMILES string of the molecule is COc1c(Cl)ccc(Cl)c1C(=O)N1CCC(NC(=O)c2ccc(Cl)cc2)CC1. The van der Waals surface area contributed by atoms with E-state index in [1.807, 2.05) is 0 Å². The lowest BCUT2D eigenvalue weighted by atomic mass is 10.0. The van der Waals surface area contributed by atoms with E-state index in [1.54, 1.807) is 41.3 Å². The molecule has 1 aliphatic rings. The van der Waals surface area contributed by atoms with Crippen molar-refractivity contribution in [2.24, 2.45) is 0 Å². The second-order valence-electron chi connectivity index (χ2n) is 6.48. The maximum atomic E-state index is 12.9. The summed E-state index contributed by atoms with van der Waals surface area (Å²) >= 11 is 18.2. The van der Waals surface area contributed by atoms with Gasteiger partial charge in [-0.05, 0) is 49.2 Å². The van der Waals surface area contributed by atoms with Crippen molar-refractivity contribution >= 4 is 46.6 Å². The van der Waals surface area contributed by atoms with E-state index in [9.17, 15) is 9.59 Å². The van der Waals surface area contributed by atoms with Crippen molar-refractivity contribution < 1.29 is 14.3 Å². The summed E-state index contributed by atoms with van der Waals surface area (Å²) in [4.78, 5) is 27.0. The fourth-order valence-corrected chi connectivity index (χ4v) is 3.78. The Balaban J connectivity index is 1.63. The normalized spacial score (nSPS) is 14.6. The average molecular weight is 442 g/mol. The van der Waals surface area contributed by atoms with Crippen molar-refractivity contribution in [2.45, 2.75) is 18.9 Å². The number of hydrogen-bond donors (Lipinski definition) is 1. The van der Waals surface area contributed by atoms with Gasteiger partial charge >= 0.3 is 0 Å². The zero-order chi connectivity index (χ0) is 20.3. The molecule has 28 heavy (non-hydrogen) atoms. The van der Waals surface area contributed by atoms with E-state index in [2.05, 4.69) is 5.32 Å². The molecule has 2 aromatic rings. The fraction of sp³-hybridized carbons (Fsp3) is 0.300. The summed E-state index contributed by atoms with van der Waals surface area (Å²) in [5, 5.41) is 4.22. The van der Waals surface area contributed by atoms with Gasteiger partial charge in [-0.3, -0.25) is 9.59 Å². The molecule has 148 valence electrons. The standard InChI is InChI=1S/C20H19Cl3N2O3/c1-28-18-16(23)7-6-15(22)17(18)20(27)25-10-8-14(9-11-25)24-19(26)12-2-4-13(21)5-3-12/h2-7,14H,8-11H2,1H3,(H,24,26). The Bertz CT molecular complexity index is 879. The van der Waals surface area contributed by atoms with Gasteiger partial charge in [-0.2, -0.15) is 0 Å². The molecule has 1 aliphatic heterocycles. The van der Waals surface area contributed by atoms with E-state index in [4.69, 9.17) is 39.5 Å². The fourth-order valence-electron chi connectivity index (χ4n) is 3.19.